The maximum atomic E-state index is 13.7. The lowest BCUT2D eigenvalue weighted by molar-refractivity contribution is 0.305. The Morgan fingerprint density at radius 1 is 1.33 bits per heavy atom. The molecule has 1 heterocycles. The number of benzene rings is 1. The molecular formula is C17H19FN2O. The number of aliphatic hydroxyl groups is 1. The van der Waals surface area contributed by atoms with E-state index >= 15 is 0 Å². The van der Waals surface area contributed by atoms with Crippen molar-refractivity contribution in [2.75, 3.05) is 6.61 Å². The van der Waals surface area contributed by atoms with E-state index in [1.807, 2.05) is 16.8 Å². The van der Waals surface area contributed by atoms with Gasteiger partial charge in [0.15, 0.2) is 0 Å². The monoisotopic (exact) mass is 286 g/mol. The first-order valence-electron chi connectivity index (χ1n) is 7.12. The molecule has 0 aliphatic heterocycles. The van der Waals surface area contributed by atoms with Crippen LogP contribution in [0.1, 0.15) is 36.7 Å². The van der Waals surface area contributed by atoms with Gasteiger partial charge in [0.2, 0.25) is 0 Å². The van der Waals surface area contributed by atoms with Crippen LogP contribution in [0.2, 0.25) is 0 Å². The summed E-state index contributed by atoms with van der Waals surface area (Å²) in [6, 6.07) is 4.81. The molecular weight excluding hydrogens is 267 g/mol. The Hall–Kier alpha value is -2.12. The fourth-order valence-corrected chi connectivity index (χ4v) is 2.17. The summed E-state index contributed by atoms with van der Waals surface area (Å²) in [6.45, 7) is 2.71. The first-order valence-corrected chi connectivity index (χ1v) is 7.12. The molecule has 110 valence electrons. The van der Waals surface area contributed by atoms with Gasteiger partial charge < -0.3 is 9.67 Å². The molecule has 0 atom stereocenters. The van der Waals surface area contributed by atoms with Gasteiger partial charge in [0, 0.05) is 37.3 Å². The topological polar surface area (TPSA) is 38.0 Å². The summed E-state index contributed by atoms with van der Waals surface area (Å²) in [4.78, 5) is 4.32. The van der Waals surface area contributed by atoms with Crippen LogP contribution >= 0.6 is 0 Å². The van der Waals surface area contributed by atoms with Gasteiger partial charge in [0.05, 0.1) is 6.61 Å². The van der Waals surface area contributed by atoms with Crippen molar-refractivity contribution in [2.45, 2.75) is 32.7 Å². The zero-order chi connectivity index (χ0) is 15.1. The van der Waals surface area contributed by atoms with E-state index in [9.17, 15) is 4.39 Å². The number of nitrogens with zero attached hydrogens (tertiary/aromatic N) is 2. The molecule has 21 heavy (non-hydrogen) atoms. The molecule has 1 aromatic carbocycles. The van der Waals surface area contributed by atoms with Crippen LogP contribution in [-0.2, 0) is 13.0 Å². The molecule has 0 unspecified atom stereocenters. The summed E-state index contributed by atoms with van der Waals surface area (Å²) in [6.07, 6.45) is 6.01. The zero-order valence-corrected chi connectivity index (χ0v) is 12.1. The second-order valence-electron chi connectivity index (χ2n) is 4.84. The molecule has 0 saturated carbocycles. The molecule has 0 amide bonds. The van der Waals surface area contributed by atoms with Gasteiger partial charge in [-0.15, -0.1) is 0 Å². The van der Waals surface area contributed by atoms with Crippen molar-refractivity contribution in [1.82, 2.24) is 9.55 Å². The molecule has 0 bridgehead atoms. The van der Waals surface area contributed by atoms with Gasteiger partial charge in [-0.1, -0.05) is 18.8 Å². The van der Waals surface area contributed by atoms with Crippen LogP contribution in [0.5, 0.6) is 0 Å². The van der Waals surface area contributed by atoms with Crippen LogP contribution < -0.4 is 0 Å². The number of aromatic nitrogens is 2. The molecule has 0 spiro atoms. The lowest BCUT2D eigenvalue weighted by Gasteiger charge is -2.08. The Bertz CT molecular complexity index is 652. The molecule has 0 radical (unpaired) electrons. The number of aliphatic hydroxyl groups excluding tert-OH is 1. The van der Waals surface area contributed by atoms with Gasteiger partial charge in [-0.25, -0.2) is 9.37 Å². The van der Waals surface area contributed by atoms with Gasteiger partial charge in [-0.05, 0) is 30.2 Å². The molecule has 1 N–H and O–H groups in total. The van der Waals surface area contributed by atoms with E-state index in [0.717, 1.165) is 24.2 Å². The molecule has 4 heteroatoms. The van der Waals surface area contributed by atoms with Crippen molar-refractivity contribution < 1.29 is 9.50 Å². The van der Waals surface area contributed by atoms with Crippen molar-refractivity contribution in [2.24, 2.45) is 0 Å². The fourth-order valence-electron chi connectivity index (χ4n) is 2.17. The van der Waals surface area contributed by atoms with Gasteiger partial charge in [-0.3, -0.25) is 0 Å². The zero-order valence-electron chi connectivity index (χ0n) is 12.1. The highest BCUT2D eigenvalue weighted by Gasteiger charge is 2.05. The van der Waals surface area contributed by atoms with E-state index in [0.29, 0.717) is 18.5 Å². The number of aryl methyl sites for hydroxylation is 1. The van der Waals surface area contributed by atoms with E-state index in [2.05, 4.69) is 23.7 Å². The summed E-state index contributed by atoms with van der Waals surface area (Å²) >= 11 is 0. The predicted octanol–water partition coefficient (Wildman–Crippen LogP) is 2.76. The van der Waals surface area contributed by atoms with E-state index in [1.165, 1.54) is 12.1 Å². The predicted molar refractivity (Wildman–Crippen MR) is 80.3 cm³/mol. The van der Waals surface area contributed by atoms with E-state index in [-0.39, 0.29) is 12.4 Å². The maximum Gasteiger partial charge on any atom is 0.124 e. The molecule has 0 fully saturated rings. The van der Waals surface area contributed by atoms with Crippen molar-refractivity contribution in [3.63, 3.8) is 0 Å². The highest BCUT2D eigenvalue weighted by Crippen LogP contribution is 2.12. The van der Waals surface area contributed by atoms with Crippen LogP contribution in [0.3, 0.4) is 0 Å². The average molecular weight is 286 g/mol. The first kappa shape index (κ1) is 15.3. The van der Waals surface area contributed by atoms with Gasteiger partial charge >= 0.3 is 0 Å². The highest BCUT2D eigenvalue weighted by atomic mass is 19.1. The third-order valence-electron chi connectivity index (χ3n) is 3.06. The molecule has 3 nitrogen and oxygen atoms in total. The average Bonchev–Trinajstić information content (AvgIpc) is 2.86. The summed E-state index contributed by atoms with van der Waals surface area (Å²) < 4.78 is 15.7. The lowest BCUT2D eigenvalue weighted by Crippen LogP contribution is -2.04. The van der Waals surface area contributed by atoms with E-state index in [1.54, 1.807) is 6.20 Å². The minimum Gasteiger partial charge on any atom is -0.395 e. The SMILES string of the molecule is CCCc1nccn1Cc1cc(F)cc(C#CCCO)c1. The second-order valence-corrected chi connectivity index (χ2v) is 4.84. The van der Waals surface area contributed by atoms with Crippen LogP contribution in [0.25, 0.3) is 0 Å². The van der Waals surface area contributed by atoms with Crippen molar-refractivity contribution in [3.05, 3.63) is 53.4 Å². The van der Waals surface area contributed by atoms with Gasteiger partial charge in [0.1, 0.15) is 11.6 Å². The number of hydrogen-bond acceptors (Lipinski definition) is 2. The minimum atomic E-state index is -0.294. The molecule has 0 saturated heterocycles. The quantitative estimate of drug-likeness (QED) is 0.858. The standard InChI is InChI=1S/C17H19FN2O/c1-2-5-17-19-7-8-20(17)13-15-10-14(6-3-4-9-21)11-16(18)12-15/h7-8,10-12,21H,2,4-5,9,13H2,1H3. The van der Waals surface area contributed by atoms with Crippen molar-refractivity contribution in [1.29, 1.82) is 0 Å². The van der Waals surface area contributed by atoms with Crippen LogP contribution in [0.15, 0.2) is 30.6 Å². The Labute approximate surface area is 124 Å². The summed E-state index contributed by atoms with van der Waals surface area (Å²) in [5.74, 6) is 6.40. The first-order chi connectivity index (χ1) is 10.2. The minimum absolute atomic E-state index is 0.0184. The normalized spacial score (nSPS) is 10.2. The van der Waals surface area contributed by atoms with Crippen molar-refractivity contribution >= 4 is 0 Å². The summed E-state index contributed by atoms with van der Waals surface area (Å²) in [5.41, 5.74) is 1.49. The highest BCUT2D eigenvalue weighted by molar-refractivity contribution is 5.38. The van der Waals surface area contributed by atoms with Crippen LogP contribution in [0.4, 0.5) is 4.39 Å². The van der Waals surface area contributed by atoms with Crippen molar-refractivity contribution in [3.8, 4) is 11.8 Å². The van der Waals surface area contributed by atoms with Gasteiger partial charge in [0.25, 0.3) is 0 Å². The summed E-state index contributed by atoms with van der Waals surface area (Å²) in [5, 5.41) is 8.72. The van der Waals surface area contributed by atoms with E-state index in [4.69, 9.17) is 5.11 Å². The van der Waals surface area contributed by atoms with E-state index < -0.39 is 0 Å². The lowest BCUT2D eigenvalue weighted by atomic mass is 10.1. The van der Waals surface area contributed by atoms with Gasteiger partial charge in [-0.2, -0.15) is 0 Å². The molecule has 2 aromatic rings. The smallest absolute Gasteiger partial charge is 0.124 e. The third kappa shape index (κ3) is 4.44. The molecule has 0 aliphatic rings. The fraction of sp³-hybridized carbons (Fsp3) is 0.353. The Morgan fingerprint density at radius 2 is 2.19 bits per heavy atom. The maximum absolute atomic E-state index is 13.7. The Morgan fingerprint density at radius 3 is 2.95 bits per heavy atom. The number of rotatable bonds is 5. The third-order valence-corrected chi connectivity index (χ3v) is 3.06. The summed E-state index contributed by atoms with van der Waals surface area (Å²) in [7, 11) is 0. The molecule has 0 aliphatic carbocycles. The largest absolute Gasteiger partial charge is 0.395 e. The number of hydrogen-bond donors (Lipinski definition) is 1. The number of halogens is 1. The Balaban J connectivity index is 2.20. The van der Waals surface area contributed by atoms with Crippen LogP contribution in [-0.4, -0.2) is 21.3 Å². The molecule has 2 rings (SSSR count). The molecule has 1 aromatic heterocycles. The van der Waals surface area contributed by atoms with Crippen LogP contribution in [0, 0.1) is 17.7 Å². The number of imidazole rings is 1. The second kappa shape index (κ2) is 7.61. The Kier molecular flexibility index (Phi) is 5.53.